The Balaban J connectivity index is 2.16. The molecule has 0 aliphatic heterocycles. The lowest BCUT2D eigenvalue weighted by molar-refractivity contribution is -0.0296. The van der Waals surface area contributed by atoms with Crippen molar-refractivity contribution in [1.82, 2.24) is 0 Å². The van der Waals surface area contributed by atoms with E-state index in [2.05, 4.69) is 4.90 Å². The summed E-state index contributed by atoms with van der Waals surface area (Å²) in [5.74, 6) is 0. The molecular formula is C14H22N2O. The third kappa shape index (κ3) is 2.17. The maximum atomic E-state index is 10.4. The molecule has 0 amide bonds. The van der Waals surface area contributed by atoms with Crippen molar-refractivity contribution in [3.63, 3.8) is 0 Å². The zero-order valence-corrected chi connectivity index (χ0v) is 10.7. The van der Waals surface area contributed by atoms with Crippen molar-refractivity contribution in [3.8, 4) is 0 Å². The molecule has 3 nitrogen and oxygen atoms in total. The van der Waals surface area contributed by atoms with Crippen molar-refractivity contribution in [2.24, 2.45) is 11.1 Å². The van der Waals surface area contributed by atoms with E-state index < -0.39 is 6.10 Å². The first-order valence-electron chi connectivity index (χ1n) is 6.24. The third-order valence-electron chi connectivity index (χ3n) is 4.06. The second-order valence-electron chi connectivity index (χ2n) is 5.31. The molecule has 17 heavy (non-hydrogen) atoms. The number of aliphatic hydroxyl groups excluding tert-OH is 1. The zero-order chi connectivity index (χ0) is 12.5. The van der Waals surface area contributed by atoms with Crippen molar-refractivity contribution >= 4 is 5.69 Å². The summed E-state index contributed by atoms with van der Waals surface area (Å²) >= 11 is 0. The average molecular weight is 234 g/mol. The van der Waals surface area contributed by atoms with Gasteiger partial charge in [0.1, 0.15) is 0 Å². The zero-order valence-electron chi connectivity index (χ0n) is 10.7. The molecule has 1 aromatic carbocycles. The van der Waals surface area contributed by atoms with Crippen molar-refractivity contribution in [1.29, 1.82) is 0 Å². The standard InChI is InChI=1S/C14H22N2O/c1-16(2)12-6-4-11(5-7-12)13(17)14(10-15)8-3-9-14/h4-7,13,17H,3,8-10,15H2,1-2H3. The van der Waals surface area contributed by atoms with Gasteiger partial charge in [0.2, 0.25) is 0 Å². The van der Waals surface area contributed by atoms with E-state index in [-0.39, 0.29) is 5.41 Å². The number of anilines is 1. The lowest BCUT2D eigenvalue weighted by Crippen LogP contribution is -2.42. The minimum Gasteiger partial charge on any atom is -0.388 e. The van der Waals surface area contributed by atoms with Gasteiger partial charge in [0.05, 0.1) is 6.10 Å². The predicted octanol–water partition coefficient (Wildman–Crippen LogP) is 1.91. The van der Waals surface area contributed by atoms with Gasteiger partial charge in [0.15, 0.2) is 0 Å². The van der Waals surface area contributed by atoms with Crippen LogP contribution in [0.4, 0.5) is 5.69 Å². The van der Waals surface area contributed by atoms with Crippen LogP contribution in [0.3, 0.4) is 0 Å². The van der Waals surface area contributed by atoms with Gasteiger partial charge < -0.3 is 15.7 Å². The fourth-order valence-electron chi connectivity index (χ4n) is 2.53. The van der Waals surface area contributed by atoms with E-state index in [1.165, 1.54) is 6.42 Å². The molecule has 1 unspecified atom stereocenters. The number of benzene rings is 1. The summed E-state index contributed by atoms with van der Waals surface area (Å²) in [6.45, 7) is 0.573. The summed E-state index contributed by atoms with van der Waals surface area (Å²) in [6.07, 6.45) is 2.85. The van der Waals surface area contributed by atoms with Crippen molar-refractivity contribution in [2.75, 3.05) is 25.5 Å². The quantitative estimate of drug-likeness (QED) is 0.836. The number of nitrogens with zero attached hydrogens (tertiary/aromatic N) is 1. The molecule has 3 heteroatoms. The van der Waals surface area contributed by atoms with Crippen LogP contribution in [0.25, 0.3) is 0 Å². The molecule has 1 saturated carbocycles. The fourth-order valence-corrected chi connectivity index (χ4v) is 2.53. The monoisotopic (exact) mass is 234 g/mol. The maximum absolute atomic E-state index is 10.4. The average Bonchev–Trinajstić information content (AvgIpc) is 2.28. The Labute approximate surface area is 103 Å². The molecule has 0 heterocycles. The summed E-state index contributed by atoms with van der Waals surface area (Å²) in [5, 5.41) is 10.4. The van der Waals surface area contributed by atoms with E-state index in [1.807, 2.05) is 38.4 Å². The van der Waals surface area contributed by atoms with Gasteiger partial charge in [-0.3, -0.25) is 0 Å². The Morgan fingerprint density at radius 1 is 1.29 bits per heavy atom. The maximum Gasteiger partial charge on any atom is 0.0858 e. The summed E-state index contributed by atoms with van der Waals surface area (Å²) in [6, 6.07) is 8.11. The Morgan fingerprint density at radius 3 is 2.24 bits per heavy atom. The van der Waals surface area contributed by atoms with Crippen LogP contribution in [0.15, 0.2) is 24.3 Å². The summed E-state index contributed by atoms with van der Waals surface area (Å²) in [4.78, 5) is 2.05. The smallest absolute Gasteiger partial charge is 0.0858 e. The molecule has 0 aromatic heterocycles. The van der Waals surface area contributed by atoms with Gasteiger partial charge >= 0.3 is 0 Å². The lowest BCUT2D eigenvalue weighted by Gasteiger charge is -2.45. The summed E-state index contributed by atoms with van der Waals surface area (Å²) < 4.78 is 0. The van der Waals surface area contributed by atoms with Crippen LogP contribution in [0, 0.1) is 5.41 Å². The second-order valence-corrected chi connectivity index (χ2v) is 5.31. The van der Waals surface area contributed by atoms with Crippen molar-refractivity contribution < 1.29 is 5.11 Å². The SMILES string of the molecule is CN(C)c1ccc(C(O)C2(CN)CCC2)cc1. The highest BCUT2D eigenvalue weighted by atomic mass is 16.3. The first-order chi connectivity index (χ1) is 8.09. The lowest BCUT2D eigenvalue weighted by atomic mass is 9.63. The van der Waals surface area contributed by atoms with Gasteiger partial charge in [-0.25, -0.2) is 0 Å². The fraction of sp³-hybridized carbons (Fsp3) is 0.571. The molecule has 1 atom stereocenters. The molecule has 0 spiro atoms. The second kappa shape index (κ2) is 4.67. The minimum atomic E-state index is -0.419. The number of hydrogen-bond acceptors (Lipinski definition) is 3. The summed E-state index contributed by atoms with van der Waals surface area (Å²) in [7, 11) is 4.03. The largest absolute Gasteiger partial charge is 0.388 e. The first kappa shape index (κ1) is 12.4. The molecule has 94 valence electrons. The normalized spacial score (nSPS) is 19.5. The number of rotatable bonds is 4. The molecule has 2 rings (SSSR count). The number of hydrogen-bond donors (Lipinski definition) is 2. The van der Waals surface area contributed by atoms with Crippen LogP contribution < -0.4 is 10.6 Å². The highest BCUT2D eigenvalue weighted by molar-refractivity contribution is 5.46. The molecule has 1 aliphatic rings. The third-order valence-corrected chi connectivity index (χ3v) is 4.06. The Hall–Kier alpha value is -1.06. The van der Waals surface area contributed by atoms with Crippen LogP contribution in [-0.2, 0) is 0 Å². The topological polar surface area (TPSA) is 49.5 Å². The highest BCUT2D eigenvalue weighted by Crippen LogP contribution is 2.49. The van der Waals surface area contributed by atoms with Crippen molar-refractivity contribution in [2.45, 2.75) is 25.4 Å². The van der Waals surface area contributed by atoms with Crippen LogP contribution in [0.2, 0.25) is 0 Å². The Kier molecular flexibility index (Phi) is 3.40. The summed E-state index contributed by atoms with van der Waals surface area (Å²) in [5.41, 5.74) is 7.88. The molecule has 3 N–H and O–H groups in total. The van der Waals surface area contributed by atoms with E-state index in [0.717, 1.165) is 24.1 Å². The van der Waals surface area contributed by atoms with Crippen LogP contribution in [-0.4, -0.2) is 25.7 Å². The molecule has 0 saturated heterocycles. The molecule has 1 fully saturated rings. The van der Waals surface area contributed by atoms with Gasteiger partial charge in [0, 0.05) is 31.7 Å². The highest BCUT2D eigenvalue weighted by Gasteiger charge is 2.42. The molecule has 1 aromatic rings. The van der Waals surface area contributed by atoms with Gasteiger partial charge in [-0.2, -0.15) is 0 Å². The molecule has 1 aliphatic carbocycles. The Bertz CT molecular complexity index is 363. The van der Waals surface area contributed by atoms with Crippen LogP contribution >= 0.6 is 0 Å². The minimum absolute atomic E-state index is 0.0698. The van der Waals surface area contributed by atoms with E-state index in [0.29, 0.717) is 6.54 Å². The van der Waals surface area contributed by atoms with Crippen LogP contribution in [0.1, 0.15) is 30.9 Å². The molecule has 0 radical (unpaired) electrons. The van der Waals surface area contributed by atoms with Gasteiger partial charge in [-0.15, -0.1) is 0 Å². The molecular weight excluding hydrogens is 212 g/mol. The van der Waals surface area contributed by atoms with E-state index >= 15 is 0 Å². The molecule has 0 bridgehead atoms. The van der Waals surface area contributed by atoms with Crippen molar-refractivity contribution in [3.05, 3.63) is 29.8 Å². The van der Waals surface area contributed by atoms with Crippen LogP contribution in [0.5, 0.6) is 0 Å². The van der Waals surface area contributed by atoms with Gasteiger partial charge in [-0.1, -0.05) is 18.6 Å². The number of aliphatic hydroxyl groups is 1. The Morgan fingerprint density at radius 2 is 1.88 bits per heavy atom. The van der Waals surface area contributed by atoms with Gasteiger partial charge in [0.25, 0.3) is 0 Å². The van der Waals surface area contributed by atoms with E-state index in [4.69, 9.17) is 5.73 Å². The predicted molar refractivity (Wildman–Crippen MR) is 71.1 cm³/mol. The first-order valence-corrected chi connectivity index (χ1v) is 6.24. The van der Waals surface area contributed by atoms with E-state index in [1.54, 1.807) is 0 Å². The van der Waals surface area contributed by atoms with Gasteiger partial charge in [-0.05, 0) is 30.5 Å². The number of nitrogens with two attached hydrogens (primary N) is 1. The van der Waals surface area contributed by atoms with E-state index in [9.17, 15) is 5.11 Å².